The van der Waals surface area contributed by atoms with Crippen molar-refractivity contribution in [3.63, 3.8) is 0 Å². The van der Waals surface area contributed by atoms with Crippen LogP contribution in [-0.2, 0) is 4.74 Å². The number of carbonyl (C=O) groups excluding carboxylic acids is 1. The average Bonchev–Trinajstić information content (AvgIpc) is 3.46. The molecule has 2 aliphatic rings. The molecule has 0 bridgehead atoms. The molecule has 0 radical (unpaired) electrons. The van der Waals surface area contributed by atoms with Crippen molar-refractivity contribution in [2.45, 2.75) is 38.8 Å². The molecule has 0 aromatic heterocycles. The van der Waals surface area contributed by atoms with E-state index in [1.165, 1.54) is 6.07 Å². The highest BCUT2D eigenvalue weighted by Gasteiger charge is 2.27. The monoisotopic (exact) mass is 376 g/mol. The third-order valence-corrected chi connectivity index (χ3v) is 5.16. The maximum absolute atomic E-state index is 12.2. The zero-order valence-electron chi connectivity index (χ0n) is 15.9. The minimum atomic E-state index is -0.435. The van der Waals surface area contributed by atoms with Gasteiger partial charge in [0, 0.05) is 43.3 Å². The van der Waals surface area contributed by atoms with Crippen LogP contribution in [0.4, 0.5) is 11.4 Å². The summed E-state index contributed by atoms with van der Waals surface area (Å²) in [5, 5.41) is 17.6. The van der Waals surface area contributed by atoms with Gasteiger partial charge in [-0.25, -0.2) is 0 Å². The Hall–Kier alpha value is -2.19. The van der Waals surface area contributed by atoms with E-state index in [9.17, 15) is 14.9 Å². The van der Waals surface area contributed by atoms with E-state index >= 15 is 0 Å². The predicted molar refractivity (Wildman–Crippen MR) is 103 cm³/mol. The van der Waals surface area contributed by atoms with Crippen molar-refractivity contribution in [2.75, 3.05) is 38.2 Å². The molecular formula is C19H28N4O4. The Labute approximate surface area is 159 Å². The lowest BCUT2D eigenvalue weighted by Crippen LogP contribution is -2.49. The molecule has 1 saturated carbocycles. The number of ether oxygens (including phenoxy) is 1. The molecule has 1 aliphatic carbocycles. The highest BCUT2D eigenvalue weighted by molar-refractivity contribution is 5.96. The van der Waals surface area contributed by atoms with Crippen molar-refractivity contribution in [2.24, 2.45) is 5.92 Å². The quantitative estimate of drug-likeness (QED) is 0.534. The molecule has 1 atom stereocenters. The van der Waals surface area contributed by atoms with Crippen molar-refractivity contribution in [1.82, 2.24) is 10.2 Å². The molecule has 1 heterocycles. The summed E-state index contributed by atoms with van der Waals surface area (Å²) < 4.78 is 5.42. The lowest BCUT2D eigenvalue weighted by atomic mass is 10.0. The van der Waals surface area contributed by atoms with Crippen LogP contribution in [0.1, 0.15) is 37.0 Å². The lowest BCUT2D eigenvalue weighted by molar-refractivity contribution is -0.384. The SMILES string of the molecule is CC(C)C(CNc1ccc(C(=O)NC2CC2)cc1[N+](=O)[O-])N1CCOCC1. The van der Waals surface area contributed by atoms with Gasteiger partial charge in [-0.2, -0.15) is 0 Å². The third-order valence-electron chi connectivity index (χ3n) is 5.16. The van der Waals surface area contributed by atoms with E-state index in [0.717, 1.165) is 25.9 Å². The molecule has 2 N–H and O–H groups in total. The second-order valence-electron chi connectivity index (χ2n) is 7.58. The number of morpholine rings is 1. The van der Waals surface area contributed by atoms with E-state index in [1.807, 2.05) is 0 Å². The van der Waals surface area contributed by atoms with Gasteiger partial charge in [-0.3, -0.25) is 19.8 Å². The normalized spacial score (nSPS) is 18.9. The van der Waals surface area contributed by atoms with Crippen molar-refractivity contribution >= 4 is 17.3 Å². The fourth-order valence-electron chi connectivity index (χ4n) is 3.38. The van der Waals surface area contributed by atoms with E-state index in [4.69, 9.17) is 4.74 Å². The molecule has 1 aliphatic heterocycles. The molecule has 1 unspecified atom stereocenters. The number of nitro benzene ring substituents is 1. The summed E-state index contributed by atoms with van der Waals surface area (Å²) >= 11 is 0. The molecule has 1 aromatic rings. The molecule has 1 aromatic carbocycles. The number of nitro groups is 1. The highest BCUT2D eigenvalue weighted by Crippen LogP contribution is 2.27. The van der Waals surface area contributed by atoms with E-state index in [1.54, 1.807) is 12.1 Å². The van der Waals surface area contributed by atoms with Crippen LogP contribution in [0.15, 0.2) is 18.2 Å². The zero-order valence-corrected chi connectivity index (χ0v) is 15.9. The van der Waals surface area contributed by atoms with E-state index in [0.29, 0.717) is 36.9 Å². The molecule has 148 valence electrons. The maximum Gasteiger partial charge on any atom is 0.293 e. The van der Waals surface area contributed by atoms with Gasteiger partial charge in [-0.1, -0.05) is 13.8 Å². The number of amides is 1. The Morgan fingerprint density at radius 1 is 1.33 bits per heavy atom. The van der Waals surface area contributed by atoms with Gasteiger partial charge in [-0.05, 0) is 30.9 Å². The number of nitrogens with one attached hydrogen (secondary N) is 2. The molecule has 3 rings (SSSR count). The summed E-state index contributed by atoms with van der Waals surface area (Å²) in [7, 11) is 0. The number of hydrogen-bond acceptors (Lipinski definition) is 6. The fourth-order valence-corrected chi connectivity index (χ4v) is 3.38. The molecule has 2 fully saturated rings. The minimum absolute atomic E-state index is 0.0667. The van der Waals surface area contributed by atoms with E-state index < -0.39 is 4.92 Å². The first-order valence-electron chi connectivity index (χ1n) is 9.60. The Bertz CT molecular complexity index is 684. The summed E-state index contributed by atoms with van der Waals surface area (Å²) in [5.74, 6) is 0.152. The van der Waals surface area contributed by atoms with Crippen molar-refractivity contribution in [1.29, 1.82) is 0 Å². The molecular weight excluding hydrogens is 348 g/mol. The van der Waals surface area contributed by atoms with Gasteiger partial charge >= 0.3 is 0 Å². The maximum atomic E-state index is 12.2. The lowest BCUT2D eigenvalue weighted by Gasteiger charge is -2.37. The predicted octanol–water partition coefficient (Wildman–Crippen LogP) is 2.26. The van der Waals surface area contributed by atoms with Gasteiger partial charge in [0.25, 0.3) is 11.6 Å². The molecule has 27 heavy (non-hydrogen) atoms. The molecule has 8 heteroatoms. The van der Waals surface area contributed by atoms with Gasteiger partial charge < -0.3 is 15.4 Å². The fraction of sp³-hybridized carbons (Fsp3) is 0.632. The van der Waals surface area contributed by atoms with Crippen LogP contribution in [0.2, 0.25) is 0 Å². The van der Waals surface area contributed by atoms with E-state index in [-0.39, 0.29) is 23.7 Å². The largest absolute Gasteiger partial charge is 0.379 e. The van der Waals surface area contributed by atoms with Crippen molar-refractivity contribution in [3.8, 4) is 0 Å². The molecule has 1 saturated heterocycles. The number of rotatable bonds is 8. The summed E-state index contributed by atoms with van der Waals surface area (Å²) in [6, 6.07) is 5.11. The van der Waals surface area contributed by atoms with Crippen molar-refractivity contribution in [3.05, 3.63) is 33.9 Å². The van der Waals surface area contributed by atoms with Gasteiger partial charge in [0.2, 0.25) is 0 Å². The molecule has 1 amide bonds. The van der Waals surface area contributed by atoms with Gasteiger partial charge in [0.1, 0.15) is 5.69 Å². The van der Waals surface area contributed by atoms with E-state index in [2.05, 4.69) is 29.4 Å². The molecule has 0 spiro atoms. The second kappa shape index (κ2) is 8.67. The first-order chi connectivity index (χ1) is 13.0. The molecule has 8 nitrogen and oxygen atoms in total. The van der Waals surface area contributed by atoms with Crippen LogP contribution < -0.4 is 10.6 Å². The standard InChI is InChI=1S/C19H28N4O4/c1-13(2)18(22-7-9-27-10-8-22)12-20-16-6-3-14(11-17(16)23(25)26)19(24)21-15-4-5-15/h3,6,11,13,15,18,20H,4-5,7-10,12H2,1-2H3,(H,21,24). The minimum Gasteiger partial charge on any atom is -0.379 e. The van der Waals surface area contributed by atoms with Crippen LogP contribution in [-0.4, -0.2) is 60.7 Å². The first-order valence-corrected chi connectivity index (χ1v) is 9.60. The van der Waals surface area contributed by atoms with Crippen LogP contribution >= 0.6 is 0 Å². The third kappa shape index (κ3) is 5.17. The first kappa shape index (κ1) is 19.6. The zero-order chi connectivity index (χ0) is 19.4. The van der Waals surface area contributed by atoms with Crippen LogP contribution in [0.3, 0.4) is 0 Å². The Balaban J connectivity index is 1.70. The average molecular weight is 376 g/mol. The summed E-state index contributed by atoms with van der Waals surface area (Å²) in [6.07, 6.45) is 1.96. The smallest absolute Gasteiger partial charge is 0.293 e. The topological polar surface area (TPSA) is 96.7 Å². The summed E-state index contributed by atoms with van der Waals surface area (Å²) in [6.45, 7) is 8.08. The summed E-state index contributed by atoms with van der Waals surface area (Å²) in [5.41, 5.74) is 0.706. The highest BCUT2D eigenvalue weighted by atomic mass is 16.6. The van der Waals surface area contributed by atoms with Gasteiger partial charge in [-0.15, -0.1) is 0 Å². The van der Waals surface area contributed by atoms with Gasteiger partial charge in [0.15, 0.2) is 0 Å². The number of benzene rings is 1. The van der Waals surface area contributed by atoms with Crippen LogP contribution in [0, 0.1) is 16.0 Å². The summed E-state index contributed by atoms with van der Waals surface area (Å²) in [4.78, 5) is 25.6. The Kier molecular flexibility index (Phi) is 6.28. The van der Waals surface area contributed by atoms with Crippen LogP contribution in [0.25, 0.3) is 0 Å². The number of nitrogens with zero attached hydrogens (tertiary/aromatic N) is 2. The Morgan fingerprint density at radius 2 is 2.04 bits per heavy atom. The van der Waals surface area contributed by atoms with Crippen LogP contribution in [0.5, 0.6) is 0 Å². The Morgan fingerprint density at radius 3 is 2.63 bits per heavy atom. The number of carbonyl (C=O) groups is 1. The number of hydrogen-bond donors (Lipinski definition) is 2. The van der Waals surface area contributed by atoms with Gasteiger partial charge in [0.05, 0.1) is 18.1 Å². The second-order valence-corrected chi connectivity index (χ2v) is 7.58. The van der Waals surface area contributed by atoms with Crippen molar-refractivity contribution < 1.29 is 14.5 Å². The number of anilines is 1.